The zero-order valence-corrected chi connectivity index (χ0v) is 16.9. The molecule has 27 heavy (non-hydrogen) atoms. The molecule has 1 aromatic rings. The van der Waals surface area contributed by atoms with E-state index >= 15 is 0 Å². The molecule has 150 valence electrons. The highest BCUT2D eigenvalue weighted by atomic mass is 32.2. The molecule has 0 bridgehead atoms. The molecule has 6 nitrogen and oxygen atoms in total. The maximum atomic E-state index is 12.5. The minimum Gasteiger partial charge on any atom is -0.325 e. The quantitative estimate of drug-likeness (QED) is 0.779. The van der Waals surface area contributed by atoms with Gasteiger partial charge < -0.3 is 5.32 Å². The summed E-state index contributed by atoms with van der Waals surface area (Å²) in [6.45, 7) is 4.54. The highest BCUT2D eigenvalue weighted by Crippen LogP contribution is 2.21. The van der Waals surface area contributed by atoms with Gasteiger partial charge in [0, 0.05) is 11.7 Å². The zero-order chi connectivity index (χ0) is 19.3. The molecular weight excluding hydrogens is 362 g/mol. The van der Waals surface area contributed by atoms with Gasteiger partial charge in [-0.15, -0.1) is 0 Å². The van der Waals surface area contributed by atoms with Gasteiger partial charge in [0.1, 0.15) is 0 Å². The Bertz CT molecular complexity index is 719. The molecule has 0 atom stereocenters. The monoisotopic (exact) mass is 393 g/mol. The van der Waals surface area contributed by atoms with Crippen LogP contribution in [0, 0.1) is 5.92 Å². The van der Waals surface area contributed by atoms with E-state index < -0.39 is 10.0 Å². The number of nitrogens with one attached hydrogen (secondary N) is 2. The lowest BCUT2D eigenvalue weighted by molar-refractivity contribution is -0.117. The summed E-state index contributed by atoms with van der Waals surface area (Å²) in [5, 5.41) is 2.86. The molecule has 0 aromatic heterocycles. The van der Waals surface area contributed by atoms with Crippen molar-refractivity contribution in [1.29, 1.82) is 0 Å². The van der Waals surface area contributed by atoms with E-state index in [-0.39, 0.29) is 16.8 Å². The molecule has 0 unspecified atom stereocenters. The fraction of sp³-hybridized carbons (Fsp3) is 0.650. The molecule has 1 heterocycles. The Morgan fingerprint density at radius 3 is 2.30 bits per heavy atom. The Kier molecular flexibility index (Phi) is 6.89. The average Bonchev–Trinajstić information content (AvgIpc) is 2.64. The summed E-state index contributed by atoms with van der Waals surface area (Å²) in [5.41, 5.74) is 0.627. The fourth-order valence-corrected chi connectivity index (χ4v) is 5.15. The average molecular weight is 394 g/mol. The predicted octanol–water partition coefficient (Wildman–Crippen LogP) is 2.97. The number of hydrogen-bond acceptors (Lipinski definition) is 4. The van der Waals surface area contributed by atoms with Crippen molar-refractivity contribution in [3.63, 3.8) is 0 Å². The molecule has 2 fully saturated rings. The number of benzene rings is 1. The van der Waals surface area contributed by atoms with Gasteiger partial charge in [-0.25, -0.2) is 13.1 Å². The summed E-state index contributed by atoms with van der Waals surface area (Å²) in [4.78, 5) is 14.6. The number of rotatable bonds is 6. The second-order valence-electron chi connectivity index (χ2n) is 7.99. The van der Waals surface area contributed by atoms with Crippen LogP contribution in [0.15, 0.2) is 29.2 Å². The van der Waals surface area contributed by atoms with E-state index in [1.165, 1.54) is 6.42 Å². The second-order valence-corrected chi connectivity index (χ2v) is 9.70. The topological polar surface area (TPSA) is 78.5 Å². The van der Waals surface area contributed by atoms with Gasteiger partial charge in [-0.3, -0.25) is 9.69 Å². The molecule has 1 amide bonds. The Morgan fingerprint density at radius 2 is 1.67 bits per heavy atom. The lowest BCUT2D eigenvalue weighted by atomic mass is 9.96. The van der Waals surface area contributed by atoms with E-state index in [4.69, 9.17) is 0 Å². The van der Waals surface area contributed by atoms with Crippen molar-refractivity contribution in [3.05, 3.63) is 24.3 Å². The van der Waals surface area contributed by atoms with Crippen molar-refractivity contribution < 1.29 is 13.2 Å². The fourth-order valence-electron chi connectivity index (χ4n) is 3.85. The van der Waals surface area contributed by atoms with Crippen LogP contribution in [0.5, 0.6) is 0 Å². The van der Waals surface area contributed by atoms with Gasteiger partial charge in [0.25, 0.3) is 0 Å². The molecule has 1 aliphatic heterocycles. The van der Waals surface area contributed by atoms with Crippen molar-refractivity contribution in [2.45, 2.75) is 62.8 Å². The van der Waals surface area contributed by atoms with E-state index in [9.17, 15) is 13.2 Å². The zero-order valence-electron chi connectivity index (χ0n) is 16.1. The Morgan fingerprint density at radius 1 is 1.04 bits per heavy atom. The first-order valence-electron chi connectivity index (χ1n) is 10.1. The van der Waals surface area contributed by atoms with Crippen LogP contribution in [-0.4, -0.2) is 44.9 Å². The number of sulfonamides is 1. The van der Waals surface area contributed by atoms with Crippen LogP contribution in [0.25, 0.3) is 0 Å². The Hall–Kier alpha value is -1.44. The van der Waals surface area contributed by atoms with Crippen LogP contribution in [0.1, 0.15) is 51.9 Å². The number of carbonyl (C=O) groups is 1. The molecule has 3 rings (SSSR count). The van der Waals surface area contributed by atoms with Gasteiger partial charge in [0.2, 0.25) is 15.9 Å². The van der Waals surface area contributed by atoms with Gasteiger partial charge in [-0.1, -0.05) is 26.2 Å². The molecule has 7 heteroatoms. The van der Waals surface area contributed by atoms with Gasteiger partial charge in [-0.05, 0) is 69.0 Å². The van der Waals surface area contributed by atoms with Gasteiger partial charge >= 0.3 is 0 Å². The lowest BCUT2D eigenvalue weighted by Crippen LogP contribution is -2.38. The largest absolute Gasteiger partial charge is 0.325 e. The molecule has 1 saturated heterocycles. The van der Waals surface area contributed by atoms with Crippen LogP contribution in [0.3, 0.4) is 0 Å². The maximum Gasteiger partial charge on any atom is 0.240 e. The summed E-state index contributed by atoms with van der Waals surface area (Å²) >= 11 is 0. The standard InChI is InChI=1S/C20H31N3O3S/c1-16-11-13-23(14-12-16)15-20(24)21-17-7-9-19(10-8-17)27(25,26)22-18-5-3-2-4-6-18/h7-10,16,18,22H,2-6,11-15H2,1H3,(H,21,24). The van der Waals surface area contributed by atoms with Crippen LogP contribution >= 0.6 is 0 Å². The van der Waals surface area contributed by atoms with Crippen molar-refractivity contribution in [1.82, 2.24) is 9.62 Å². The highest BCUT2D eigenvalue weighted by molar-refractivity contribution is 7.89. The summed E-state index contributed by atoms with van der Waals surface area (Å²) < 4.78 is 27.8. The molecule has 1 aromatic carbocycles. The van der Waals surface area contributed by atoms with Crippen molar-refractivity contribution in [3.8, 4) is 0 Å². The third kappa shape index (κ3) is 6.02. The van der Waals surface area contributed by atoms with E-state index in [1.807, 2.05) is 0 Å². The summed E-state index contributed by atoms with van der Waals surface area (Å²) in [7, 11) is -3.50. The van der Waals surface area contributed by atoms with E-state index in [0.29, 0.717) is 12.2 Å². The van der Waals surface area contributed by atoms with Gasteiger partial charge in [0.15, 0.2) is 0 Å². The number of anilines is 1. The first-order valence-corrected chi connectivity index (χ1v) is 11.6. The summed E-state index contributed by atoms with van der Waals surface area (Å²) in [6.07, 6.45) is 7.41. The molecule has 1 saturated carbocycles. The highest BCUT2D eigenvalue weighted by Gasteiger charge is 2.22. The lowest BCUT2D eigenvalue weighted by Gasteiger charge is -2.29. The van der Waals surface area contributed by atoms with Crippen LogP contribution in [0.2, 0.25) is 0 Å². The molecule has 1 aliphatic carbocycles. The van der Waals surface area contributed by atoms with E-state index in [1.54, 1.807) is 24.3 Å². The SMILES string of the molecule is CC1CCN(CC(=O)Nc2ccc(S(=O)(=O)NC3CCCCC3)cc2)CC1. The third-order valence-electron chi connectivity index (χ3n) is 5.62. The second kappa shape index (κ2) is 9.17. The predicted molar refractivity (Wildman–Crippen MR) is 107 cm³/mol. The number of likely N-dealkylation sites (tertiary alicyclic amines) is 1. The van der Waals surface area contributed by atoms with E-state index in [2.05, 4.69) is 21.9 Å². The Balaban J connectivity index is 1.52. The molecular formula is C20H31N3O3S. The third-order valence-corrected chi connectivity index (χ3v) is 7.16. The summed E-state index contributed by atoms with van der Waals surface area (Å²) in [5.74, 6) is 0.682. The van der Waals surface area contributed by atoms with Crippen LogP contribution in [-0.2, 0) is 14.8 Å². The van der Waals surface area contributed by atoms with Crippen molar-refractivity contribution >= 4 is 21.6 Å². The van der Waals surface area contributed by atoms with Gasteiger partial charge in [0.05, 0.1) is 11.4 Å². The normalized spacial score (nSPS) is 20.5. The molecule has 0 radical (unpaired) electrons. The molecule has 2 aliphatic rings. The minimum atomic E-state index is -3.50. The number of nitrogens with zero attached hydrogens (tertiary/aromatic N) is 1. The minimum absolute atomic E-state index is 0.0374. The smallest absolute Gasteiger partial charge is 0.240 e. The maximum absolute atomic E-state index is 12.5. The van der Waals surface area contributed by atoms with Crippen LogP contribution < -0.4 is 10.0 Å². The number of hydrogen-bond donors (Lipinski definition) is 2. The first-order chi connectivity index (χ1) is 12.9. The first kappa shape index (κ1) is 20.3. The number of carbonyl (C=O) groups excluding carboxylic acids is 1. The van der Waals surface area contributed by atoms with Crippen LogP contribution in [0.4, 0.5) is 5.69 Å². The van der Waals surface area contributed by atoms with Gasteiger partial charge in [-0.2, -0.15) is 0 Å². The van der Waals surface area contributed by atoms with E-state index in [0.717, 1.165) is 57.5 Å². The number of amides is 1. The molecule has 0 spiro atoms. The number of piperidine rings is 1. The van der Waals surface area contributed by atoms with Crippen molar-refractivity contribution in [2.24, 2.45) is 5.92 Å². The Labute approximate surface area is 162 Å². The summed E-state index contributed by atoms with van der Waals surface area (Å²) in [6, 6.07) is 6.47. The molecule has 2 N–H and O–H groups in total. The van der Waals surface area contributed by atoms with Crippen molar-refractivity contribution in [2.75, 3.05) is 25.0 Å².